The molecular weight excluding hydrogens is 442 g/mol. The summed E-state index contributed by atoms with van der Waals surface area (Å²) in [7, 11) is -2.38. The quantitative estimate of drug-likeness (QED) is 0.605. The number of amides is 3. The highest BCUT2D eigenvalue weighted by molar-refractivity contribution is 7.90. The maximum Gasteiger partial charge on any atom is 0.269 e. The Kier molecular flexibility index (Phi) is 7.53. The minimum Gasteiger partial charge on any atom is -0.357 e. The van der Waals surface area contributed by atoms with E-state index in [1.807, 2.05) is 38.1 Å². The number of fused-ring (bicyclic) bond motifs is 1. The van der Waals surface area contributed by atoms with Crippen molar-refractivity contribution in [1.29, 1.82) is 0 Å². The van der Waals surface area contributed by atoms with Crippen molar-refractivity contribution in [2.24, 2.45) is 0 Å². The Morgan fingerprint density at radius 3 is 2.39 bits per heavy atom. The van der Waals surface area contributed by atoms with Crippen molar-refractivity contribution in [1.82, 2.24) is 14.5 Å². The van der Waals surface area contributed by atoms with E-state index in [4.69, 9.17) is 0 Å². The van der Waals surface area contributed by atoms with Crippen LogP contribution in [0, 0.1) is 6.92 Å². The lowest BCUT2D eigenvalue weighted by molar-refractivity contribution is -0.141. The molecule has 0 spiro atoms. The molecule has 0 aliphatic carbocycles. The number of carbonyl (C=O) groups excluding carboxylic acids is 3. The molecule has 1 unspecified atom stereocenters. The van der Waals surface area contributed by atoms with Crippen molar-refractivity contribution in [2.45, 2.75) is 50.6 Å². The molecule has 1 aliphatic rings. The standard InChI is InChI=1S/C24H29N3O5S/c1-4-20(23(29)25-3)26(16-18-11-6-5-10-17(18)2)22(28)14-9-15-27-24(30)19-12-7-8-13-21(19)33(27,31)32/h5-8,10-13,20H,4,9,14-16H2,1-3H3,(H,25,29). The zero-order chi connectivity index (χ0) is 24.2. The summed E-state index contributed by atoms with van der Waals surface area (Å²) >= 11 is 0. The van der Waals surface area contributed by atoms with Crippen LogP contribution in [0.3, 0.4) is 0 Å². The first-order chi connectivity index (χ1) is 15.7. The number of nitrogens with zero attached hydrogens (tertiary/aromatic N) is 2. The van der Waals surface area contributed by atoms with Crippen LogP contribution >= 0.6 is 0 Å². The molecule has 0 saturated heterocycles. The highest BCUT2D eigenvalue weighted by Gasteiger charge is 2.40. The largest absolute Gasteiger partial charge is 0.357 e. The smallest absolute Gasteiger partial charge is 0.269 e. The summed E-state index contributed by atoms with van der Waals surface area (Å²) < 4.78 is 26.3. The normalized spacial score (nSPS) is 15.1. The Balaban J connectivity index is 1.74. The van der Waals surface area contributed by atoms with Crippen LogP contribution in [0.25, 0.3) is 0 Å². The summed E-state index contributed by atoms with van der Waals surface area (Å²) in [6, 6.07) is 13.1. The molecule has 1 atom stereocenters. The van der Waals surface area contributed by atoms with E-state index in [2.05, 4.69) is 5.32 Å². The average molecular weight is 472 g/mol. The van der Waals surface area contributed by atoms with E-state index < -0.39 is 22.0 Å². The maximum atomic E-state index is 13.2. The molecule has 2 aromatic rings. The van der Waals surface area contributed by atoms with Gasteiger partial charge in [0, 0.05) is 26.6 Å². The lowest BCUT2D eigenvalue weighted by atomic mass is 10.1. The van der Waals surface area contributed by atoms with Crippen LogP contribution in [0.4, 0.5) is 0 Å². The SMILES string of the molecule is CCC(C(=O)NC)N(Cc1ccccc1C)C(=O)CCCN1C(=O)c2ccccc2S1(=O)=O. The third-order valence-corrected chi connectivity index (χ3v) is 7.74. The van der Waals surface area contributed by atoms with E-state index in [0.717, 1.165) is 15.4 Å². The van der Waals surface area contributed by atoms with Gasteiger partial charge in [-0.1, -0.05) is 43.3 Å². The van der Waals surface area contributed by atoms with Crippen LogP contribution < -0.4 is 5.32 Å². The van der Waals surface area contributed by atoms with Gasteiger partial charge in [-0.05, 0) is 43.0 Å². The number of likely N-dealkylation sites (N-methyl/N-ethyl adjacent to an activating group) is 1. The van der Waals surface area contributed by atoms with Gasteiger partial charge >= 0.3 is 0 Å². The molecule has 176 valence electrons. The second-order valence-corrected chi connectivity index (χ2v) is 9.80. The Morgan fingerprint density at radius 2 is 1.76 bits per heavy atom. The van der Waals surface area contributed by atoms with Gasteiger partial charge in [-0.25, -0.2) is 12.7 Å². The van der Waals surface area contributed by atoms with Crippen LogP contribution in [0.15, 0.2) is 53.4 Å². The number of sulfonamides is 1. The minimum atomic E-state index is -3.91. The molecule has 33 heavy (non-hydrogen) atoms. The second kappa shape index (κ2) is 10.2. The maximum absolute atomic E-state index is 13.2. The summed E-state index contributed by atoms with van der Waals surface area (Å²) in [5.74, 6) is -1.10. The molecule has 2 aromatic carbocycles. The first kappa shape index (κ1) is 24.4. The van der Waals surface area contributed by atoms with Crippen LogP contribution in [0.5, 0.6) is 0 Å². The molecular formula is C24H29N3O5S. The first-order valence-electron chi connectivity index (χ1n) is 10.9. The Hall–Kier alpha value is -3.20. The number of rotatable bonds is 9. The fourth-order valence-corrected chi connectivity index (χ4v) is 5.63. The third kappa shape index (κ3) is 4.93. The van der Waals surface area contributed by atoms with Crippen molar-refractivity contribution in [3.8, 4) is 0 Å². The number of hydrogen-bond donors (Lipinski definition) is 1. The Bertz CT molecular complexity index is 1160. The van der Waals surface area contributed by atoms with Gasteiger partial charge in [0.25, 0.3) is 15.9 Å². The molecule has 3 amide bonds. The molecule has 0 radical (unpaired) electrons. The topological polar surface area (TPSA) is 104 Å². The zero-order valence-electron chi connectivity index (χ0n) is 19.1. The van der Waals surface area contributed by atoms with Crippen LogP contribution in [-0.4, -0.2) is 55.0 Å². The monoisotopic (exact) mass is 471 g/mol. The fourth-order valence-electron chi connectivity index (χ4n) is 4.03. The molecule has 1 heterocycles. The zero-order valence-corrected chi connectivity index (χ0v) is 19.9. The highest BCUT2D eigenvalue weighted by Crippen LogP contribution is 2.30. The lowest BCUT2D eigenvalue weighted by Gasteiger charge is -2.31. The molecule has 1 aliphatic heterocycles. The van der Waals surface area contributed by atoms with Gasteiger partial charge in [0.15, 0.2) is 0 Å². The van der Waals surface area contributed by atoms with Crippen molar-refractivity contribution in [3.05, 3.63) is 65.2 Å². The van der Waals surface area contributed by atoms with E-state index in [0.29, 0.717) is 6.42 Å². The number of hydrogen-bond acceptors (Lipinski definition) is 5. The summed E-state index contributed by atoms with van der Waals surface area (Å²) in [6.07, 6.45) is 0.604. The summed E-state index contributed by atoms with van der Waals surface area (Å²) in [4.78, 5) is 39.8. The molecule has 8 nitrogen and oxygen atoms in total. The first-order valence-corrected chi connectivity index (χ1v) is 12.4. The molecule has 0 bridgehead atoms. The van der Waals surface area contributed by atoms with Gasteiger partial charge in [0.1, 0.15) is 10.9 Å². The molecule has 0 saturated carbocycles. The molecule has 3 rings (SSSR count). The van der Waals surface area contributed by atoms with Crippen molar-refractivity contribution < 1.29 is 22.8 Å². The highest BCUT2D eigenvalue weighted by atomic mass is 32.2. The predicted molar refractivity (Wildman–Crippen MR) is 124 cm³/mol. The molecule has 9 heteroatoms. The average Bonchev–Trinajstić information content (AvgIpc) is 3.00. The van der Waals surface area contributed by atoms with E-state index in [-0.39, 0.29) is 48.2 Å². The van der Waals surface area contributed by atoms with Crippen molar-refractivity contribution in [2.75, 3.05) is 13.6 Å². The van der Waals surface area contributed by atoms with E-state index in [1.54, 1.807) is 12.1 Å². The Labute approximate surface area is 194 Å². The predicted octanol–water partition coefficient (Wildman–Crippen LogP) is 2.47. The summed E-state index contributed by atoms with van der Waals surface area (Å²) in [5, 5.41) is 2.61. The van der Waals surface area contributed by atoms with Crippen LogP contribution in [0.2, 0.25) is 0 Å². The van der Waals surface area contributed by atoms with Gasteiger partial charge in [0.05, 0.1) is 5.56 Å². The van der Waals surface area contributed by atoms with E-state index in [9.17, 15) is 22.8 Å². The number of aryl methyl sites for hydroxylation is 1. The van der Waals surface area contributed by atoms with Gasteiger partial charge in [-0.3, -0.25) is 14.4 Å². The summed E-state index contributed by atoms with van der Waals surface area (Å²) in [6.45, 7) is 3.95. The second-order valence-electron chi connectivity index (χ2n) is 7.97. The lowest BCUT2D eigenvalue weighted by Crippen LogP contribution is -2.48. The molecule has 0 aromatic heterocycles. The van der Waals surface area contributed by atoms with Crippen molar-refractivity contribution in [3.63, 3.8) is 0 Å². The van der Waals surface area contributed by atoms with Gasteiger partial charge in [-0.2, -0.15) is 0 Å². The number of benzene rings is 2. The van der Waals surface area contributed by atoms with Gasteiger partial charge < -0.3 is 10.2 Å². The van der Waals surface area contributed by atoms with Crippen LogP contribution in [0.1, 0.15) is 47.7 Å². The van der Waals surface area contributed by atoms with E-state index >= 15 is 0 Å². The van der Waals surface area contributed by atoms with Gasteiger partial charge in [-0.15, -0.1) is 0 Å². The van der Waals surface area contributed by atoms with Crippen LogP contribution in [-0.2, 0) is 26.2 Å². The number of carbonyl (C=O) groups is 3. The van der Waals surface area contributed by atoms with Gasteiger partial charge in [0.2, 0.25) is 11.8 Å². The fraction of sp³-hybridized carbons (Fsp3) is 0.375. The molecule has 0 fully saturated rings. The Morgan fingerprint density at radius 1 is 1.09 bits per heavy atom. The van der Waals surface area contributed by atoms with Crippen molar-refractivity contribution >= 4 is 27.7 Å². The molecule has 1 N–H and O–H groups in total. The summed E-state index contributed by atoms with van der Waals surface area (Å²) in [5.41, 5.74) is 2.09. The third-order valence-electron chi connectivity index (χ3n) is 5.90. The van der Waals surface area contributed by atoms with E-state index in [1.165, 1.54) is 24.1 Å². The minimum absolute atomic E-state index is 0.00632. The number of nitrogens with one attached hydrogen (secondary N) is 1.